The first-order valence-electron chi connectivity index (χ1n) is 9.25. The average Bonchev–Trinajstić information content (AvgIpc) is 3.34. The number of thiophene rings is 1. The maximum absolute atomic E-state index is 5.85. The minimum Gasteiger partial charge on any atom is -0.415 e. The van der Waals surface area contributed by atoms with Crippen molar-refractivity contribution in [3.05, 3.63) is 22.2 Å². The lowest BCUT2D eigenvalue weighted by atomic mass is 10.2. The number of nitrogens with zero attached hydrogens (tertiary/aromatic N) is 5. The molecular formula is C18H21N5O2S2. The van der Waals surface area contributed by atoms with Crippen molar-refractivity contribution >= 4 is 33.3 Å². The molecule has 0 amide bonds. The number of aryl methyl sites for hydroxylation is 2. The highest BCUT2D eigenvalue weighted by Gasteiger charge is 2.30. The molecule has 5 rings (SSSR count). The molecule has 0 unspecified atom stereocenters. The van der Waals surface area contributed by atoms with Gasteiger partial charge in [0, 0.05) is 29.3 Å². The van der Waals surface area contributed by atoms with Gasteiger partial charge in [0.2, 0.25) is 5.89 Å². The van der Waals surface area contributed by atoms with Crippen LogP contribution < -0.4 is 0 Å². The summed E-state index contributed by atoms with van der Waals surface area (Å²) in [5.41, 5.74) is 1.23. The molecule has 0 spiro atoms. The molecule has 4 heterocycles. The van der Waals surface area contributed by atoms with Gasteiger partial charge in [0.1, 0.15) is 15.7 Å². The van der Waals surface area contributed by atoms with E-state index in [9.17, 15) is 0 Å². The quantitative estimate of drug-likeness (QED) is 0.599. The van der Waals surface area contributed by atoms with Crippen molar-refractivity contribution in [1.29, 1.82) is 0 Å². The van der Waals surface area contributed by atoms with Crippen LogP contribution in [0.1, 0.15) is 40.9 Å². The Kier molecular flexibility index (Phi) is 4.63. The van der Waals surface area contributed by atoms with E-state index < -0.39 is 0 Å². The van der Waals surface area contributed by atoms with E-state index in [1.54, 1.807) is 11.3 Å². The Bertz CT molecular complexity index is 976. The number of ether oxygens (including phenoxy) is 1. The summed E-state index contributed by atoms with van der Waals surface area (Å²) in [6, 6.07) is 0. The molecule has 0 N–H and O–H groups in total. The third-order valence-electron chi connectivity index (χ3n) is 5.04. The molecular weight excluding hydrogens is 382 g/mol. The fraction of sp³-hybridized carbons (Fsp3) is 0.556. The molecule has 1 saturated carbocycles. The number of hydrogen-bond acceptors (Lipinski definition) is 9. The van der Waals surface area contributed by atoms with Crippen molar-refractivity contribution in [3.8, 4) is 0 Å². The van der Waals surface area contributed by atoms with Gasteiger partial charge in [-0.05, 0) is 44.0 Å². The number of rotatable bonds is 5. The molecule has 1 saturated heterocycles. The Balaban J connectivity index is 1.49. The molecule has 1 aliphatic heterocycles. The Morgan fingerprint density at radius 3 is 2.74 bits per heavy atom. The van der Waals surface area contributed by atoms with Crippen molar-refractivity contribution in [1.82, 2.24) is 25.1 Å². The number of morpholine rings is 1. The normalized spacial score (nSPS) is 18.4. The van der Waals surface area contributed by atoms with Crippen LogP contribution in [-0.4, -0.2) is 51.4 Å². The van der Waals surface area contributed by atoms with Gasteiger partial charge in [0.15, 0.2) is 0 Å². The molecule has 0 aromatic carbocycles. The van der Waals surface area contributed by atoms with E-state index in [1.807, 2.05) is 0 Å². The van der Waals surface area contributed by atoms with Crippen molar-refractivity contribution in [2.75, 3.05) is 26.3 Å². The SMILES string of the molecule is Cc1sc2nc(CN3CCOCC3)nc(Sc3nnc(C4CC4)o3)c2c1C. The Hall–Kier alpha value is -1.55. The first-order valence-corrected chi connectivity index (χ1v) is 10.9. The summed E-state index contributed by atoms with van der Waals surface area (Å²) in [7, 11) is 0. The van der Waals surface area contributed by atoms with Crippen LogP contribution in [0.5, 0.6) is 0 Å². The third kappa shape index (κ3) is 3.61. The van der Waals surface area contributed by atoms with Crippen LogP contribution in [0.2, 0.25) is 0 Å². The van der Waals surface area contributed by atoms with E-state index in [-0.39, 0.29) is 0 Å². The van der Waals surface area contributed by atoms with E-state index in [0.29, 0.717) is 11.1 Å². The third-order valence-corrected chi connectivity index (χ3v) is 6.97. The van der Waals surface area contributed by atoms with Crippen LogP contribution in [0.25, 0.3) is 10.2 Å². The Morgan fingerprint density at radius 2 is 1.96 bits per heavy atom. The molecule has 142 valence electrons. The van der Waals surface area contributed by atoms with E-state index in [0.717, 1.165) is 72.6 Å². The fourth-order valence-corrected chi connectivity index (χ4v) is 5.19. The summed E-state index contributed by atoms with van der Waals surface area (Å²) in [6.45, 7) is 8.38. The molecule has 7 nitrogen and oxygen atoms in total. The van der Waals surface area contributed by atoms with Gasteiger partial charge in [-0.3, -0.25) is 4.90 Å². The molecule has 1 aliphatic carbocycles. The zero-order valence-corrected chi connectivity index (χ0v) is 17.0. The maximum Gasteiger partial charge on any atom is 0.282 e. The van der Waals surface area contributed by atoms with Gasteiger partial charge in [-0.1, -0.05) is 0 Å². The summed E-state index contributed by atoms with van der Waals surface area (Å²) >= 11 is 3.18. The van der Waals surface area contributed by atoms with Crippen LogP contribution in [0.3, 0.4) is 0 Å². The summed E-state index contributed by atoms with van der Waals surface area (Å²) in [5, 5.41) is 11.0. The second-order valence-electron chi connectivity index (χ2n) is 7.08. The van der Waals surface area contributed by atoms with Gasteiger partial charge in [0.05, 0.1) is 19.8 Å². The van der Waals surface area contributed by atoms with Crippen molar-refractivity contribution in [2.24, 2.45) is 0 Å². The van der Waals surface area contributed by atoms with E-state index in [4.69, 9.17) is 19.1 Å². The number of fused-ring (bicyclic) bond motifs is 1. The second kappa shape index (κ2) is 7.12. The lowest BCUT2D eigenvalue weighted by Gasteiger charge is -2.25. The fourth-order valence-electron chi connectivity index (χ4n) is 3.20. The van der Waals surface area contributed by atoms with Gasteiger partial charge in [0.25, 0.3) is 5.22 Å². The molecule has 0 atom stereocenters. The average molecular weight is 404 g/mol. The lowest BCUT2D eigenvalue weighted by molar-refractivity contribution is 0.0330. The minimum absolute atomic E-state index is 0.458. The summed E-state index contributed by atoms with van der Waals surface area (Å²) < 4.78 is 11.3. The standard InChI is InChI=1S/C18H21N5O2S2/c1-10-11(2)26-16-14(10)17(27-18-22-21-15(25-18)12-3-4-12)20-13(19-16)9-23-5-7-24-8-6-23/h12H,3-9H2,1-2H3. The van der Waals surface area contributed by atoms with Crippen LogP contribution >= 0.6 is 23.1 Å². The largest absolute Gasteiger partial charge is 0.415 e. The summed E-state index contributed by atoms with van der Waals surface area (Å²) in [5.74, 6) is 2.06. The highest BCUT2D eigenvalue weighted by Crippen LogP contribution is 2.42. The monoisotopic (exact) mass is 403 g/mol. The van der Waals surface area contributed by atoms with E-state index in [2.05, 4.69) is 28.9 Å². The highest BCUT2D eigenvalue weighted by atomic mass is 32.2. The summed E-state index contributed by atoms with van der Waals surface area (Å²) in [4.78, 5) is 14.4. The van der Waals surface area contributed by atoms with E-state index in [1.165, 1.54) is 22.2 Å². The minimum atomic E-state index is 0.458. The van der Waals surface area contributed by atoms with Crippen molar-refractivity contribution < 1.29 is 9.15 Å². The molecule has 9 heteroatoms. The summed E-state index contributed by atoms with van der Waals surface area (Å²) in [6.07, 6.45) is 2.30. The van der Waals surface area contributed by atoms with Crippen LogP contribution in [0.4, 0.5) is 0 Å². The molecule has 0 bridgehead atoms. The van der Waals surface area contributed by atoms with Gasteiger partial charge in [-0.25, -0.2) is 9.97 Å². The van der Waals surface area contributed by atoms with Crippen LogP contribution in [0, 0.1) is 13.8 Å². The molecule has 2 fully saturated rings. The van der Waals surface area contributed by atoms with Crippen LogP contribution in [-0.2, 0) is 11.3 Å². The van der Waals surface area contributed by atoms with Crippen molar-refractivity contribution in [2.45, 2.75) is 49.4 Å². The van der Waals surface area contributed by atoms with Gasteiger partial charge >= 0.3 is 0 Å². The Morgan fingerprint density at radius 1 is 1.15 bits per heavy atom. The predicted octanol–water partition coefficient (Wildman–Crippen LogP) is 3.55. The Labute approximate surface area is 165 Å². The first kappa shape index (κ1) is 17.5. The first-order chi connectivity index (χ1) is 13.2. The topological polar surface area (TPSA) is 77.2 Å². The van der Waals surface area contributed by atoms with Gasteiger partial charge in [-0.2, -0.15) is 0 Å². The van der Waals surface area contributed by atoms with Gasteiger partial charge < -0.3 is 9.15 Å². The molecule has 3 aromatic heterocycles. The predicted molar refractivity (Wildman–Crippen MR) is 103 cm³/mol. The van der Waals surface area contributed by atoms with Crippen LogP contribution in [0.15, 0.2) is 14.7 Å². The highest BCUT2D eigenvalue weighted by molar-refractivity contribution is 7.99. The second-order valence-corrected chi connectivity index (χ2v) is 9.22. The van der Waals surface area contributed by atoms with E-state index >= 15 is 0 Å². The maximum atomic E-state index is 5.85. The molecule has 0 radical (unpaired) electrons. The number of hydrogen-bond donors (Lipinski definition) is 0. The van der Waals surface area contributed by atoms with Gasteiger partial charge in [-0.15, -0.1) is 21.5 Å². The zero-order chi connectivity index (χ0) is 18.4. The number of aromatic nitrogens is 4. The molecule has 2 aliphatic rings. The smallest absolute Gasteiger partial charge is 0.282 e. The van der Waals surface area contributed by atoms with Crippen molar-refractivity contribution in [3.63, 3.8) is 0 Å². The molecule has 27 heavy (non-hydrogen) atoms. The molecule has 3 aromatic rings. The zero-order valence-electron chi connectivity index (χ0n) is 15.4. The lowest BCUT2D eigenvalue weighted by Crippen LogP contribution is -2.36.